The van der Waals surface area contributed by atoms with E-state index in [4.69, 9.17) is 16.3 Å². The average Bonchev–Trinajstić information content (AvgIpc) is 3.03. The van der Waals surface area contributed by atoms with E-state index in [-0.39, 0.29) is 11.4 Å². The molecular formula is C25H26ClNO2. The highest BCUT2D eigenvalue weighted by atomic mass is 35.5. The lowest BCUT2D eigenvalue weighted by Crippen LogP contribution is -2.52. The van der Waals surface area contributed by atoms with E-state index >= 15 is 0 Å². The molecular weight excluding hydrogens is 382 g/mol. The van der Waals surface area contributed by atoms with Gasteiger partial charge in [0.05, 0.1) is 7.11 Å². The Morgan fingerprint density at radius 3 is 2.62 bits per heavy atom. The van der Waals surface area contributed by atoms with Crippen molar-refractivity contribution in [2.45, 2.75) is 43.1 Å². The van der Waals surface area contributed by atoms with Gasteiger partial charge in [-0.15, -0.1) is 6.58 Å². The normalized spacial score (nSPS) is 25.2. The molecule has 2 aromatic rings. The van der Waals surface area contributed by atoms with Crippen molar-refractivity contribution in [1.29, 1.82) is 0 Å². The number of ether oxygens (including phenoxy) is 1. The zero-order chi connectivity index (χ0) is 20.5. The van der Waals surface area contributed by atoms with E-state index in [2.05, 4.69) is 42.2 Å². The van der Waals surface area contributed by atoms with Crippen molar-refractivity contribution in [2.24, 2.45) is 0 Å². The highest BCUT2D eigenvalue weighted by Crippen LogP contribution is 2.54. The van der Waals surface area contributed by atoms with E-state index in [1.807, 2.05) is 30.3 Å². The van der Waals surface area contributed by atoms with Crippen LogP contribution in [0.2, 0.25) is 5.02 Å². The third-order valence-corrected chi connectivity index (χ3v) is 6.76. The molecule has 0 amide bonds. The van der Waals surface area contributed by atoms with Crippen LogP contribution in [-0.2, 0) is 14.9 Å². The highest BCUT2D eigenvalue weighted by molar-refractivity contribution is 6.30. The second kappa shape index (κ2) is 7.72. The molecule has 4 rings (SSSR count). The summed E-state index contributed by atoms with van der Waals surface area (Å²) in [5.74, 6) is -0.215. The van der Waals surface area contributed by atoms with Gasteiger partial charge in [-0.05, 0) is 61.4 Å². The van der Waals surface area contributed by atoms with Gasteiger partial charge in [0.2, 0.25) is 0 Å². The third kappa shape index (κ3) is 3.38. The van der Waals surface area contributed by atoms with Crippen LogP contribution in [0.15, 0.2) is 66.8 Å². The summed E-state index contributed by atoms with van der Waals surface area (Å²) in [5, 5.41) is 4.11. The van der Waals surface area contributed by atoms with Crippen LogP contribution in [0.1, 0.15) is 43.2 Å². The highest BCUT2D eigenvalue weighted by Gasteiger charge is 2.51. The van der Waals surface area contributed by atoms with Gasteiger partial charge in [0.25, 0.3) is 0 Å². The number of anilines is 1. The molecule has 2 aromatic carbocycles. The fourth-order valence-corrected chi connectivity index (χ4v) is 5.27. The molecule has 1 N–H and O–H groups in total. The summed E-state index contributed by atoms with van der Waals surface area (Å²) in [6.45, 7) is 3.96. The Balaban J connectivity index is 1.67. The van der Waals surface area contributed by atoms with Crippen molar-refractivity contribution in [3.63, 3.8) is 0 Å². The number of carbonyl (C=O) groups is 1. The number of benzene rings is 2. The molecule has 1 saturated carbocycles. The van der Waals surface area contributed by atoms with Gasteiger partial charge in [0, 0.05) is 16.1 Å². The first kappa shape index (κ1) is 19.8. The fourth-order valence-electron chi connectivity index (χ4n) is 5.08. The molecule has 0 aliphatic heterocycles. The van der Waals surface area contributed by atoms with E-state index in [0.29, 0.717) is 17.9 Å². The summed E-state index contributed by atoms with van der Waals surface area (Å²) in [7, 11) is 1.46. The van der Waals surface area contributed by atoms with Crippen molar-refractivity contribution < 1.29 is 9.53 Å². The number of allylic oxidation sites excluding steroid dienone is 2. The van der Waals surface area contributed by atoms with Crippen molar-refractivity contribution in [1.82, 2.24) is 0 Å². The molecule has 0 bridgehead atoms. The number of hydrogen-bond acceptors (Lipinski definition) is 3. The summed E-state index contributed by atoms with van der Waals surface area (Å²) in [5.41, 5.74) is 4.12. The fraction of sp³-hybridized carbons (Fsp3) is 0.320. The van der Waals surface area contributed by atoms with E-state index in [1.54, 1.807) is 0 Å². The van der Waals surface area contributed by atoms with E-state index in [0.717, 1.165) is 24.9 Å². The summed E-state index contributed by atoms with van der Waals surface area (Å²) in [6.07, 6.45) is 8.29. The number of fused-ring (bicyclic) bond motifs is 2. The van der Waals surface area contributed by atoms with Crippen LogP contribution in [0, 0.1) is 0 Å². The zero-order valence-corrected chi connectivity index (χ0v) is 17.5. The lowest BCUT2D eigenvalue weighted by Gasteiger charge is -2.46. The molecule has 0 aromatic heterocycles. The minimum Gasteiger partial charge on any atom is -0.467 e. The van der Waals surface area contributed by atoms with Crippen LogP contribution in [-0.4, -0.2) is 18.6 Å². The Morgan fingerprint density at radius 1 is 1.17 bits per heavy atom. The van der Waals surface area contributed by atoms with Gasteiger partial charge < -0.3 is 10.1 Å². The number of nitrogens with one attached hydrogen (secondary N) is 1. The molecule has 2 aliphatic carbocycles. The summed E-state index contributed by atoms with van der Waals surface area (Å²) in [6, 6.07) is 16.1. The molecule has 0 saturated heterocycles. The molecule has 29 heavy (non-hydrogen) atoms. The minimum atomic E-state index is -0.749. The van der Waals surface area contributed by atoms with Gasteiger partial charge in [-0.3, -0.25) is 0 Å². The monoisotopic (exact) mass is 407 g/mol. The maximum atomic E-state index is 12.9. The van der Waals surface area contributed by atoms with E-state index < -0.39 is 5.54 Å². The van der Waals surface area contributed by atoms with Gasteiger partial charge in [-0.1, -0.05) is 59.7 Å². The second-order valence-electron chi connectivity index (χ2n) is 8.04. The smallest absolute Gasteiger partial charge is 0.331 e. The van der Waals surface area contributed by atoms with Crippen LogP contribution in [0.25, 0.3) is 6.08 Å². The molecule has 0 unspecified atom stereocenters. The molecule has 1 spiro atoms. The Hall–Kier alpha value is -2.52. The van der Waals surface area contributed by atoms with Gasteiger partial charge >= 0.3 is 5.97 Å². The number of rotatable bonds is 5. The molecule has 4 heteroatoms. The zero-order valence-electron chi connectivity index (χ0n) is 16.7. The third-order valence-electron chi connectivity index (χ3n) is 6.53. The second-order valence-corrected chi connectivity index (χ2v) is 8.48. The molecule has 1 fully saturated rings. The first-order valence-electron chi connectivity index (χ1n) is 10.1. The molecule has 150 valence electrons. The average molecular weight is 408 g/mol. The number of hydrogen-bond donors (Lipinski definition) is 1. The van der Waals surface area contributed by atoms with Gasteiger partial charge in [-0.25, -0.2) is 4.79 Å². The number of methoxy groups -OCH3 is 1. The van der Waals surface area contributed by atoms with Crippen LogP contribution in [0.5, 0.6) is 0 Å². The Kier molecular flexibility index (Phi) is 5.26. The number of esters is 1. The first-order chi connectivity index (χ1) is 14.0. The SMILES string of the molecule is C=CCC1=Cc2ccccc2C12CCC(Nc1cccc(Cl)c1)(C(=O)OC)CC2. The van der Waals surface area contributed by atoms with Crippen LogP contribution < -0.4 is 5.32 Å². The van der Waals surface area contributed by atoms with Gasteiger partial charge in [0.15, 0.2) is 0 Å². The van der Waals surface area contributed by atoms with E-state index in [1.165, 1.54) is 23.8 Å². The lowest BCUT2D eigenvalue weighted by molar-refractivity contribution is -0.147. The lowest BCUT2D eigenvalue weighted by atomic mass is 9.62. The number of halogens is 1. The molecule has 0 radical (unpaired) electrons. The van der Waals surface area contributed by atoms with Gasteiger partial charge in [0.1, 0.15) is 5.54 Å². The quantitative estimate of drug-likeness (QED) is 0.477. The standard InChI is InChI=1S/C25H26ClNO2/c1-3-7-19-16-18-8-4-5-11-22(18)24(19)12-14-25(15-13-24,23(28)29-2)27-21-10-6-9-20(26)17-21/h3-6,8-11,16-17,27H,1,7,12-15H2,2H3. The molecule has 3 nitrogen and oxygen atoms in total. The van der Waals surface area contributed by atoms with Gasteiger partial charge in [-0.2, -0.15) is 0 Å². The Labute approximate surface area is 177 Å². The molecule has 0 heterocycles. The van der Waals surface area contributed by atoms with Crippen LogP contribution in [0.3, 0.4) is 0 Å². The summed E-state index contributed by atoms with van der Waals surface area (Å²) < 4.78 is 5.23. The van der Waals surface area contributed by atoms with Crippen LogP contribution >= 0.6 is 11.6 Å². The predicted octanol–water partition coefficient (Wildman–Crippen LogP) is 6.15. The Morgan fingerprint density at radius 2 is 1.93 bits per heavy atom. The maximum Gasteiger partial charge on any atom is 0.331 e. The van der Waals surface area contributed by atoms with Crippen LogP contribution in [0.4, 0.5) is 5.69 Å². The van der Waals surface area contributed by atoms with Crippen molar-refractivity contribution in [3.05, 3.63) is 82.9 Å². The molecule has 0 atom stereocenters. The van der Waals surface area contributed by atoms with E-state index in [9.17, 15) is 4.79 Å². The summed E-state index contributed by atoms with van der Waals surface area (Å²) in [4.78, 5) is 12.9. The summed E-state index contributed by atoms with van der Waals surface area (Å²) >= 11 is 6.16. The minimum absolute atomic E-state index is 0.0294. The van der Waals surface area contributed by atoms with Crippen molar-refractivity contribution in [3.8, 4) is 0 Å². The topological polar surface area (TPSA) is 38.3 Å². The van der Waals surface area contributed by atoms with Crippen molar-refractivity contribution >= 4 is 29.3 Å². The molecule has 2 aliphatic rings. The van der Waals surface area contributed by atoms with Crippen molar-refractivity contribution in [2.75, 3.05) is 12.4 Å². The largest absolute Gasteiger partial charge is 0.467 e. The predicted molar refractivity (Wildman–Crippen MR) is 119 cm³/mol. The first-order valence-corrected chi connectivity index (χ1v) is 10.4. The maximum absolute atomic E-state index is 12.9. The Bertz CT molecular complexity index is 970. The number of carbonyl (C=O) groups excluding carboxylic acids is 1.